The molecule has 2 heterocycles. The Labute approximate surface area is 88.3 Å². The Hall–Kier alpha value is -1.12. The van der Waals surface area contributed by atoms with E-state index < -0.39 is 44.1 Å². The second-order valence-electron chi connectivity index (χ2n) is 2.98. The summed E-state index contributed by atoms with van der Waals surface area (Å²) in [6, 6.07) is 0. The van der Waals surface area contributed by atoms with E-state index in [4.69, 9.17) is 10.2 Å². The fraction of sp³-hybridized carbons (Fsp3) is 0.500. The molecule has 0 aromatic heterocycles. The topological polar surface area (TPSA) is 138 Å². The number of carbonyl (C=O) groups is 1. The molecule has 2 aliphatic heterocycles. The van der Waals surface area contributed by atoms with Crippen LogP contribution < -0.4 is 0 Å². The number of carbonyl (C=O) groups excluding carboxylic acids is 1. The van der Waals surface area contributed by atoms with Crippen LogP contribution in [0.15, 0.2) is 11.5 Å². The van der Waals surface area contributed by atoms with Gasteiger partial charge in [0, 0.05) is 0 Å². The first-order valence-corrected chi connectivity index (χ1v) is 5.53. The van der Waals surface area contributed by atoms with Crippen molar-refractivity contribution in [3.8, 4) is 0 Å². The van der Waals surface area contributed by atoms with E-state index in [-0.39, 0.29) is 0 Å². The zero-order valence-corrected chi connectivity index (χ0v) is 8.49. The van der Waals surface area contributed by atoms with Crippen LogP contribution in [0, 0.1) is 0 Å². The molecule has 0 saturated carbocycles. The lowest BCUT2D eigenvalue weighted by Crippen LogP contribution is -2.31. The lowest BCUT2D eigenvalue weighted by Gasteiger charge is -2.13. The average molecular weight is 254 g/mol. The molecule has 16 heavy (non-hydrogen) atoms. The molecule has 0 amide bonds. The number of aliphatic hydroxyl groups excluding tert-OH is 3. The fourth-order valence-electron chi connectivity index (χ4n) is 1.07. The highest BCUT2D eigenvalue weighted by Crippen LogP contribution is 2.67. The third-order valence-electron chi connectivity index (χ3n) is 1.86. The van der Waals surface area contributed by atoms with Gasteiger partial charge in [-0.1, -0.05) is 0 Å². The Morgan fingerprint density at radius 3 is 2.62 bits per heavy atom. The summed E-state index contributed by atoms with van der Waals surface area (Å²) in [4.78, 5) is 11.1. The van der Waals surface area contributed by atoms with Crippen LogP contribution in [0.5, 0.6) is 0 Å². The van der Waals surface area contributed by atoms with Gasteiger partial charge in [-0.3, -0.25) is 0 Å². The van der Waals surface area contributed by atoms with Crippen LogP contribution in [0.1, 0.15) is 0 Å². The van der Waals surface area contributed by atoms with Crippen molar-refractivity contribution in [2.24, 2.45) is 0 Å². The smallest absolute Gasteiger partial charge is 0.505 e. The number of cyclic esters (lactones) is 1. The second kappa shape index (κ2) is 3.72. The van der Waals surface area contributed by atoms with Gasteiger partial charge in [0.15, 0.2) is 11.9 Å². The maximum absolute atomic E-state index is 11.1. The molecule has 9 nitrogen and oxygen atoms in total. The number of esters is 1. The number of hydrogen-bond acceptors (Lipinski definition) is 9. The second-order valence-corrected chi connectivity index (χ2v) is 4.35. The first-order chi connectivity index (χ1) is 7.47. The van der Waals surface area contributed by atoms with Crippen molar-refractivity contribution in [2.75, 3.05) is 6.61 Å². The summed E-state index contributed by atoms with van der Waals surface area (Å²) in [5, 5.41) is 27.2. The summed E-state index contributed by atoms with van der Waals surface area (Å²) in [5.74, 6) is -2.68. The summed E-state index contributed by atoms with van der Waals surface area (Å²) in [7, 11) is -3.77. The molecular weight excluding hydrogens is 247 g/mol. The van der Waals surface area contributed by atoms with E-state index in [0.29, 0.717) is 0 Å². The SMILES string of the molecule is O=C1O[C@H]([C@@H](O)CO)C(O)=C1OP1(=O)OO1. The molecule has 1 saturated heterocycles. The summed E-state index contributed by atoms with van der Waals surface area (Å²) >= 11 is 0. The van der Waals surface area contributed by atoms with Crippen LogP contribution in [0.25, 0.3) is 0 Å². The third-order valence-corrected chi connectivity index (χ3v) is 2.66. The molecular formula is C6H7O9P. The van der Waals surface area contributed by atoms with Gasteiger partial charge in [-0.25, -0.2) is 9.36 Å². The van der Waals surface area contributed by atoms with E-state index in [1.807, 2.05) is 0 Å². The Morgan fingerprint density at radius 2 is 2.12 bits per heavy atom. The van der Waals surface area contributed by atoms with Gasteiger partial charge in [0.1, 0.15) is 6.10 Å². The third kappa shape index (κ3) is 1.91. The zero-order chi connectivity index (χ0) is 11.9. The molecule has 0 aromatic rings. The monoisotopic (exact) mass is 254 g/mol. The van der Waals surface area contributed by atoms with Gasteiger partial charge in [0.05, 0.1) is 6.61 Å². The molecule has 2 atom stereocenters. The van der Waals surface area contributed by atoms with Gasteiger partial charge < -0.3 is 24.6 Å². The van der Waals surface area contributed by atoms with E-state index in [2.05, 4.69) is 18.6 Å². The lowest BCUT2D eigenvalue weighted by atomic mass is 10.2. The van der Waals surface area contributed by atoms with Crippen molar-refractivity contribution < 1.29 is 43.3 Å². The van der Waals surface area contributed by atoms with Gasteiger partial charge >= 0.3 is 13.8 Å². The molecule has 0 aliphatic carbocycles. The van der Waals surface area contributed by atoms with Crippen molar-refractivity contribution in [1.82, 2.24) is 0 Å². The van der Waals surface area contributed by atoms with Gasteiger partial charge in [-0.2, -0.15) is 0 Å². The molecule has 0 radical (unpaired) electrons. The largest absolute Gasteiger partial charge is 0.587 e. The molecule has 10 heteroatoms. The first kappa shape index (κ1) is 11.4. The van der Waals surface area contributed by atoms with E-state index >= 15 is 0 Å². The summed E-state index contributed by atoms with van der Waals surface area (Å²) < 4.78 is 27.8. The molecule has 1 fully saturated rings. The Bertz CT molecular complexity index is 393. The van der Waals surface area contributed by atoms with Gasteiger partial charge in [-0.15, -0.1) is 9.35 Å². The fourth-order valence-corrected chi connectivity index (χ4v) is 1.74. The average Bonchev–Trinajstić information content (AvgIpc) is 2.92. The molecule has 0 unspecified atom stereocenters. The van der Waals surface area contributed by atoms with Gasteiger partial charge in [0.2, 0.25) is 0 Å². The molecule has 0 bridgehead atoms. The predicted octanol–water partition coefficient (Wildman–Crippen LogP) is -0.879. The maximum atomic E-state index is 11.1. The van der Waals surface area contributed by atoms with Gasteiger partial charge in [-0.05, 0) is 0 Å². The van der Waals surface area contributed by atoms with E-state index in [1.165, 1.54) is 0 Å². The first-order valence-electron chi connectivity index (χ1n) is 4.07. The van der Waals surface area contributed by atoms with Crippen molar-refractivity contribution in [3.05, 3.63) is 11.5 Å². The molecule has 0 spiro atoms. The van der Waals surface area contributed by atoms with Crippen molar-refractivity contribution in [1.29, 1.82) is 0 Å². The lowest BCUT2D eigenvalue weighted by molar-refractivity contribution is -0.147. The number of ether oxygens (including phenoxy) is 1. The number of phosphoric acid groups is 1. The number of aliphatic hydroxyl groups is 3. The van der Waals surface area contributed by atoms with Crippen molar-refractivity contribution in [2.45, 2.75) is 12.2 Å². The Morgan fingerprint density at radius 1 is 1.50 bits per heavy atom. The minimum atomic E-state index is -3.77. The highest BCUT2D eigenvalue weighted by atomic mass is 31.2. The highest BCUT2D eigenvalue weighted by molar-refractivity contribution is 7.52. The summed E-state index contributed by atoms with van der Waals surface area (Å²) in [6.07, 6.45) is -2.97. The molecule has 90 valence electrons. The predicted molar refractivity (Wildman–Crippen MR) is 43.5 cm³/mol. The van der Waals surface area contributed by atoms with Gasteiger partial charge in [0.25, 0.3) is 5.76 Å². The van der Waals surface area contributed by atoms with E-state index in [9.17, 15) is 14.5 Å². The van der Waals surface area contributed by atoms with Crippen molar-refractivity contribution in [3.63, 3.8) is 0 Å². The molecule has 0 aromatic carbocycles. The molecule has 2 aliphatic rings. The maximum Gasteiger partial charge on any atom is 0.587 e. The Balaban J connectivity index is 2.18. The standard InChI is InChI=1S/C6H7O9P/c7-1-2(8)4-3(9)5(6(10)12-4)13-16(11)14-15-16/h2,4,7-9H,1H2/t2-,4+/m0/s1. The van der Waals surface area contributed by atoms with Crippen LogP contribution in [0.4, 0.5) is 0 Å². The summed E-state index contributed by atoms with van der Waals surface area (Å²) in [6.45, 7) is -0.736. The van der Waals surface area contributed by atoms with E-state index in [1.54, 1.807) is 0 Å². The number of hydrogen-bond donors (Lipinski definition) is 3. The van der Waals surface area contributed by atoms with E-state index in [0.717, 1.165) is 0 Å². The van der Waals surface area contributed by atoms with Crippen molar-refractivity contribution >= 4 is 13.8 Å². The minimum Gasteiger partial charge on any atom is -0.505 e. The summed E-state index contributed by atoms with van der Waals surface area (Å²) in [5.41, 5.74) is 0. The number of rotatable bonds is 4. The van der Waals surface area contributed by atoms with Crippen LogP contribution in [-0.4, -0.2) is 40.1 Å². The van der Waals surface area contributed by atoms with Crippen LogP contribution in [0.2, 0.25) is 0 Å². The van der Waals surface area contributed by atoms with Crippen LogP contribution >= 0.6 is 7.82 Å². The zero-order valence-electron chi connectivity index (χ0n) is 7.60. The molecule has 3 N–H and O–H groups in total. The normalized spacial score (nSPS) is 28.9. The van der Waals surface area contributed by atoms with Crippen LogP contribution in [0.3, 0.4) is 0 Å². The Kier molecular flexibility index (Phi) is 2.64. The highest BCUT2D eigenvalue weighted by Gasteiger charge is 2.53. The van der Waals surface area contributed by atoms with Crippen LogP contribution in [-0.2, 0) is 28.0 Å². The minimum absolute atomic E-state index is 0.736. The molecule has 2 rings (SSSR count). The quantitative estimate of drug-likeness (QED) is 0.252.